The van der Waals surface area contributed by atoms with Crippen LogP contribution in [0.2, 0.25) is 25.7 Å². The number of benzene rings is 1. The van der Waals surface area contributed by atoms with Crippen molar-refractivity contribution in [2.75, 3.05) is 19.0 Å². The van der Waals surface area contributed by atoms with Crippen LogP contribution in [0.4, 0.5) is 10.5 Å². The SMILES string of the molecule is COc1c(-c2ccc(NC(=O)[C@@H](NC(=O)OC(C)(C)C)C3CCCCC3)cc2)c(C)nn1COCC[Si](C)(C)C. The highest BCUT2D eigenvalue weighted by Gasteiger charge is 2.32. The maximum atomic E-state index is 13.4. The zero-order chi connectivity index (χ0) is 29.5. The molecule has 2 N–H and O–H groups in total. The van der Waals surface area contributed by atoms with Crippen molar-refractivity contribution in [3.05, 3.63) is 30.0 Å². The molecule has 2 aromatic rings. The minimum atomic E-state index is -1.17. The number of hydrogen-bond acceptors (Lipinski definition) is 6. The van der Waals surface area contributed by atoms with Crippen molar-refractivity contribution in [1.82, 2.24) is 15.1 Å². The molecule has 10 heteroatoms. The molecule has 222 valence electrons. The number of methoxy groups -OCH3 is 1. The number of nitrogens with zero attached hydrogens (tertiary/aromatic N) is 2. The monoisotopic (exact) mass is 572 g/mol. The second-order valence-corrected chi connectivity index (χ2v) is 18.5. The van der Waals surface area contributed by atoms with Crippen molar-refractivity contribution >= 4 is 25.8 Å². The Labute approximate surface area is 240 Å². The van der Waals surface area contributed by atoms with E-state index in [1.807, 2.05) is 52.0 Å². The fourth-order valence-electron chi connectivity index (χ4n) is 4.96. The number of alkyl carbamates (subject to hydrolysis) is 1. The second-order valence-electron chi connectivity index (χ2n) is 12.9. The van der Waals surface area contributed by atoms with Crippen molar-refractivity contribution in [3.8, 4) is 17.0 Å². The van der Waals surface area contributed by atoms with Gasteiger partial charge in [-0.2, -0.15) is 5.10 Å². The van der Waals surface area contributed by atoms with Crippen molar-refractivity contribution in [2.24, 2.45) is 5.92 Å². The predicted molar refractivity (Wildman–Crippen MR) is 161 cm³/mol. The van der Waals surface area contributed by atoms with Crippen LogP contribution in [0.5, 0.6) is 5.88 Å². The molecule has 0 bridgehead atoms. The summed E-state index contributed by atoms with van der Waals surface area (Å²) in [6.07, 6.45) is 4.49. The Hall–Kier alpha value is -2.85. The van der Waals surface area contributed by atoms with Gasteiger partial charge in [-0.1, -0.05) is 51.0 Å². The second kappa shape index (κ2) is 13.7. The zero-order valence-corrected chi connectivity index (χ0v) is 26.6. The van der Waals surface area contributed by atoms with E-state index >= 15 is 0 Å². The normalized spacial score (nSPS) is 15.4. The highest BCUT2D eigenvalue weighted by molar-refractivity contribution is 6.76. The van der Waals surface area contributed by atoms with Crippen LogP contribution in [0, 0.1) is 12.8 Å². The summed E-state index contributed by atoms with van der Waals surface area (Å²) in [4.78, 5) is 25.9. The number of aromatic nitrogens is 2. The molecule has 3 rings (SSSR count). The quantitative estimate of drug-likeness (QED) is 0.233. The molecule has 9 nitrogen and oxygen atoms in total. The third-order valence-corrected chi connectivity index (χ3v) is 8.71. The summed E-state index contributed by atoms with van der Waals surface area (Å²) >= 11 is 0. The number of rotatable bonds is 11. The molecule has 1 heterocycles. The molecule has 1 aromatic heterocycles. The number of ether oxygens (including phenoxy) is 3. The topological polar surface area (TPSA) is 104 Å². The minimum Gasteiger partial charge on any atom is -0.481 e. The van der Waals surface area contributed by atoms with Gasteiger partial charge in [0.15, 0.2) is 0 Å². The van der Waals surface area contributed by atoms with E-state index in [1.54, 1.807) is 11.8 Å². The molecule has 0 spiro atoms. The molecule has 2 amide bonds. The molecule has 40 heavy (non-hydrogen) atoms. The maximum Gasteiger partial charge on any atom is 0.408 e. The van der Waals surface area contributed by atoms with Crippen LogP contribution in [0.25, 0.3) is 11.1 Å². The van der Waals surface area contributed by atoms with Crippen molar-refractivity contribution in [1.29, 1.82) is 0 Å². The number of aryl methyl sites for hydroxylation is 1. The Morgan fingerprint density at radius 2 is 1.75 bits per heavy atom. The number of anilines is 1. The molecule has 1 fully saturated rings. The Bertz CT molecular complexity index is 1130. The lowest BCUT2D eigenvalue weighted by atomic mass is 9.83. The van der Waals surface area contributed by atoms with E-state index in [1.165, 1.54) is 0 Å². The number of carbonyl (C=O) groups excluding carboxylic acids is 2. The van der Waals surface area contributed by atoms with Crippen molar-refractivity contribution < 1.29 is 23.8 Å². The molecular formula is C30H48N4O5Si. The highest BCUT2D eigenvalue weighted by atomic mass is 28.3. The van der Waals surface area contributed by atoms with E-state index in [9.17, 15) is 9.59 Å². The van der Waals surface area contributed by atoms with E-state index in [0.29, 0.717) is 24.9 Å². The largest absolute Gasteiger partial charge is 0.481 e. The summed E-state index contributed by atoms with van der Waals surface area (Å²) in [7, 11) is 0.464. The lowest BCUT2D eigenvalue weighted by Crippen LogP contribution is -2.50. The predicted octanol–water partition coefficient (Wildman–Crippen LogP) is 6.59. The third kappa shape index (κ3) is 9.37. The summed E-state index contributed by atoms with van der Waals surface area (Å²) in [5.41, 5.74) is 2.67. The van der Waals surface area contributed by atoms with Gasteiger partial charge in [-0.3, -0.25) is 4.79 Å². The standard InChI is InChI=1S/C30H48N4O5Si/c1-21-25(28(37-5)34(33-21)20-38-18-19-40(6,7)8)22-14-16-24(17-15-22)31-27(35)26(23-12-10-9-11-13-23)32-29(36)39-30(2,3)4/h14-17,23,26H,9-13,18-20H2,1-8H3,(H,31,35)(H,32,36)/t26-/m0/s1. The van der Waals surface area contributed by atoms with Crippen LogP contribution in [-0.4, -0.2) is 55.2 Å². The van der Waals surface area contributed by atoms with Gasteiger partial charge in [0.25, 0.3) is 0 Å². The summed E-state index contributed by atoms with van der Waals surface area (Å²) in [5, 5.41) is 10.5. The maximum absolute atomic E-state index is 13.4. The van der Waals surface area contributed by atoms with E-state index < -0.39 is 25.8 Å². The molecule has 1 aromatic carbocycles. The van der Waals surface area contributed by atoms with Gasteiger partial charge in [0, 0.05) is 20.4 Å². The number of carbonyl (C=O) groups is 2. The molecule has 0 saturated heterocycles. The van der Waals surface area contributed by atoms with Gasteiger partial charge in [-0.15, -0.1) is 0 Å². The number of amides is 2. The van der Waals surface area contributed by atoms with Crippen molar-refractivity contribution in [2.45, 2.75) is 104 Å². The van der Waals surface area contributed by atoms with Gasteiger partial charge in [0.2, 0.25) is 11.8 Å². The van der Waals surface area contributed by atoms with E-state index in [4.69, 9.17) is 14.2 Å². The van der Waals surface area contributed by atoms with E-state index in [0.717, 1.165) is 55.0 Å². The van der Waals surface area contributed by atoms with Gasteiger partial charge in [-0.25, -0.2) is 9.48 Å². The number of hydrogen-bond donors (Lipinski definition) is 2. The van der Waals surface area contributed by atoms with E-state index in [-0.39, 0.29) is 11.8 Å². The van der Waals surface area contributed by atoms with Gasteiger partial charge in [0.1, 0.15) is 18.4 Å². The molecule has 0 aliphatic heterocycles. The summed E-state index contributed by atoms with van der Waals surface area (Å²) in [6.45, 7) is 15.4. The lowest BCUT2D eigenvalue weighted by molar-refractivity contribution is -0.119. The first-order valence-electron chi connectivity index (χ1n) is 14.4. The van der Waals surface area contributed by atoms with Crippen LogP contribution in [-0.2, 0) is 21.0 Å². The first kappa shape index (κ1) is 31.7. The first-order valence-corrected chi connectivity index (χ1v) is 18.1. The molecule has 0 unspecified atom stereocenters. The van der Waals surface area contributed by atoms with Gasteiger partial charge >= 0.3 is 6.09 Å². The van der Waals surface area contributed by atoms with Crippen LogP contribution in [0.15, 0.2) is 24.3 Å². The average molecular weight is 573 g/mol. The Morgan fingerprint density at radius 3 is 2.33 bits per heavy atom. The lowest BCUT2D eigenvalue weighted by Gasteiger charge is -2.31. The zero-order valence-electron chi connectivity index (χ0n) is 25.6. The Balaban J connectivity index is 1.71. The summed E-state index contributed by atoms with van der Waals surface area (Å²) in [6, 6.07) is 8.03. The fraction of sp³-hybridized carbons (Fsp3) is 0.633. The van der Waals surface area contributed by atoms with Crippen molar-refractivity contribution in [3.63, 3.8) is 0 Å². The Kier molecular flexibility index (Phi) is 10.8. The van der Waals surface area contributed by atoms with Crippen LogP contribution < -0.4 is 15.4 Å². The summed E-state index contributed by atoms with van der Waals surface area (Å²) in [5.74, 6) is 0.482. The van der Waals surface area contributed by atoms with Crippen LogP contribution in [0.1, 0.15) is 58.6 Å². The number of nitrogens with one attached hydrogen (secondary N) is 2. The molecule has 1 aliphatic rings. The first-order chi connectivity index (χ1) is 18.8. The van der Waals surface area contributed by atoms with Gasteiger partial charge < -0.3 is 24.8 Å². The molecule has 1 aliphatic carbocycles. The molecule has 1 atom stereocenters. The van der Waals surface area contributed by atoms with Gasteiger partial charge in [0.05, 0.1) is 18.4 Å². The Morgan fingerprint density at radius 1 is 1.10 bits per heavy atom. The minimum absolute atomic E-state index is 0.0752. The average Bonchev–Trinajstić information content (AvgIpc) is 3.19. The summed E-state index contributed by atoms with van der Waals surface area (Å²) < 4.78 is 18.8. The smallest absolute Gasteiger partial charge is 0.408 e. The van der Waals surface area contributed by atoms with Gasteiger partial charge in [-0.05, 0) is 70.2 Å². The molecular weight excluding hydrogens is 524 g/mol. The molecule has 1 saturated carbocycles. The van der Waals surface area contributed by atoms with E-state index in [2.05, 4.69) is 35.4 Å². The fourth-order valence-corrected chi connectivity index (χ4v) is 5.71. The molecule has 0 radical (unpaired) electrons. The van der Waals surface area contributed by atoms with Crippen LogP contribution >= 0.6 is 0 Å². The third-order valence-electron chi connectivity index (χ3n) is 7.00. The highest BCUT2D eigenvalue weighted by Crippen LogP contribution is 2.34. The van der Waals surface area contributed by atoms with Crippen LogP contribution in [0.3, 0.4) is 0 Å².